The van der Waals surface area contributed by atoms with Gasteiger partial charge in [-0.15, -0.1) is 0 Å². The van der Waals surface area contributed by atoms with E-state index in [1.807, 2.05) is 34.7 Å². The number of amides is 1. The normalized spacial score (nSPS) is 10.3. The van der Waals surface area contributed by atoms with Crippen molar-refractivity contribution in [3.05, 3.63) is 0 Å². The van der Waals surface area contributed by atoms with Crippen LogP contribution >= 0.6 is 0 Å². The largest absolute Gasteiger partial charge is 0.395 e. The molecule has 3 N–H and O–H groups in total. The van der Waals surface area contributed by atoms with Gasteiger partial charge in [0.1, 0.15) is 0 Å². The van der Waals surface area contributed by atoms with Crippen molar-refractivity contribution >= 4 is 5.91 Å². The number of nitrogens with one attached hydrogen (secondary N) is 2. The fraction of sp³-hybridized carbons (Fsp3) is 0.909. The molecule has 1 amide bonds. The molecule has 15 heavy (non-hydrogen) atoms. The molecule has 92 valence electrons. The first-order valence-corrected chi connectivity index (χ1v) is 5.58. The molecule has 0 saturated carbocycles. The second kappa shape index (κ2) is 9.93. The Hall–Kier alpha value is -0.610. The highest BCUT2D eigenvalue weighted by molar-refractivity contribution is 5.81. The maximum Gasteiger partial charge on any atom is 0.225 e. The van der Waals surface area contributed by atoms with Gasteiger partial charge in [-0.25, -0.2) is 0 Å². The zero-order valence-electron chi connectivity index (χ0n) is 10.7. The van der Waals surface area contributed by atoms with Crippen LogP contribution < -0.4 is 10.6 Å². The van der Waals surface area contributed by atoms with Gasteiger partial charge in [-0.1, -0.05) is 27.7 Å². The first-order valence-electron chi connectivity index (χ1n) is 5.58. The number of hydrogen-bond donors (Lipinski definition) is 3. The van der Waals surface area contributed by atoms with Crippen LogP contribution in [0.3, 0.4) is 0 Å². The van der Waals surface area contributed by atoms with Gasteiger partial charge >= 0.3 is 0 Å². The molecule has 0 fully saturated rings. The van der Waals surface area contributed by atoms with E-state index in [2.05, 4.69) is 10.6 Å². The number of carbonyl (C=O) groups excluding carboxylic acids is 1. The van der Waals surface area contributed by atoms with Crippen molar-refractivity contribution in [3.63, 3.8) is 0 Å². The first kappa shape index (κ1) is 16.8. The second-order valence-corrected chi connectivity index (χ2v) is 3.72. The number of aliphatic hydroxyl groups excluding tert-OH is 1. The van der Waals surface area contributed by atoms with E-state index in [-0.39, 0.29) is 17.9 Å². The maximum absolute atomic E-state index is 11.5. The molecule has 0 aromatic rings. The highest BCUT2D eigenvalue weighted by atomic mass is 16.3. The summed E-state index contributed by atoms with van der Waals surface area (Å²) in [6.45, 7) is 8.95. The average Bonchev–Trinajstić information content (AvgIpc) is 2.25. The van der Waals surface area contributed by atoms with Crippen molar-refractivity contribution in [1.29, 1.82) is 0 Å². The van der Waals surface area contributed by atoms with Crippen LogP contribution in [0.5, 0.6) is 0 Å². The van der Waals surface area contributed by atoms with Crippen LogP contribution in [0, 0.1) is 5.41 Å². The van der Waals surface area contributed by atoms with E-state index in [0.717, 1.165) is 13.0 Å². The molecule has 4 heteroatoms. The highest BCUT2D eigenvalue weighted by Gasteiger charge is 2.26. The highest BCUT2D eigenvalue weighted by Crippen LogP contribution is 2.19. The van der Waals surface area contributed by atoms with E-state index in [0.29, 0.717) is 6.54 Å². The Morgan fingerprint density at radius 3 is 2.20 bits per heavy atom. The Kier molecular flexibility index (Phi) is 11.1. The lowest BCUT2D eigenvalue weighted by molar-refractivity contribution is -0.129. The summed E-state index contributed by atoms with van der Waals surface area (Å²) in [6, 6.07) is 0. The van der Waals surface area contributed by atoms with Crippen LogP contribution in [0.1, 0.15) is 34.1 Å². The van der Waals surface area contributed by atoms with Crippen LogP contribution in [0.4, 0.5) is 0 Å². The second-order valence-electron chi connectivity index (χ2n) is 3.72. The third-order valence-electron chi connectivity index (χ3n) is 2.01. The molecule has 0 bridgehead atoms. The Morgan fingerprint density at radius 2 is 1.80 bits per heavy atom. The Bertz CT molecular complexity index is 159. The predicted molar refractivity (Wildman–Crippen MR) is 63.8 cm³/mol. The molecule has 0 aliphatic carbocycles. The fourth-order valence-corrected chi connectivity index (χ4v) is 0.960. The molecule has 0 unspecified atom stereocenters. The van der Waals surface area contributed by atoms with E-state index >= 15 is 0 Å². The van der Waals surface area contributed by atoms with Crippen LogP contribution in [-0.4, -0.2) is 37.8 Å². The van der Waals surface area contributed by atoms with Crippen molar-refractivity contribution in [2.45, 2.75) is 34.1 Å². The van der Waals surface area contributed by atoms with Crippen LogP contribution in [0.2, 0.25) is 0 Å². The SMILES string of the molecule is CC.CNCCC(C)(C)C(=O)NCCO. The Labute approximate surface area is 93.4 Å². The van der Waals surface area contributed by atoms with Crippen molar-refractivity contribution in [2.24, 2.45) is 5.41 Å². The van der Waals surface area contributed by atoms with E-state index in [4.69, 9.17) is 5.11 Å². The lowest BCUT2D eigenvalue weighted by atomic mass is 9.88. The van der Waals surface area contributed by atoms with Gasteiger partial charge in [0, 0.05) is 12.0 Å². The minimum absolute atomic E-state index is 0.00296. The summed E-state index contributed by atoms with van der Waals surface area (Å²) in [7, 11) is 1.86. The summed E-state index contributed by atoms with van der Waals surface area (Å²) in [5, 5.41) is 14.2. The van der Waals surface area contributed by atoms with Gasteiger partial charge in [-0.3, -0.25) is 4.79 Å². The van der Waals surface area contributed by atoms with Crippen LogP contribution in [0.15, 0.2) is 0 Å². The molecular formula is C11H26N2O2. The standard InChI is InChI=1S/C9H20N2O2.C2H6/c1-9(2,4-5-10-3)8(13)11-6-7-12;1-2/h10,12H,4-7H2,1-3H3,(H,11,13);1-2H3. The van der Waals surface area contributed by atoms with Gasteiger partial charge in [0.2, 0.25) is 5.91 Å². The third kappa shape index (κ3) is 8.39. The minimum atomic E-state index is -0.363. The molecule has 0 aliphatic heterocycles. The van der Waals surface area contributed by atoms with Crippen molar-refractivity contribution in [3.8, 4) is 0 Å². The van der Waals surface area contributed by atoms with E-state index < -0.39 is 0 Å². The van der Waals surface area contributed by atoms with Gasteiger partial charge in [-0.05, 0) is 20.0 Å². The summed E-state index contributed by atoms with van der Waals surface area (Å²) >= 11 is 0. The Balaban J connectivity index is 0. The molecule has 4 nitrogen and oxygen atoms in total. The molecule has 0 radical (unpaired) electrons. The molecule has 0 rings (SSSR count). The first-order chi connectivity index (χ1) is 7.04. The lowest BCUT2D eigenvalue weighted by Crippen LogP contribution is -2.39. The molecule has 0 aromatic carbocycles. The summed E-state index contributed by atoms with van der Waals surface area (Å²) in [6.07, 6.45) is 0.792. The summed E-state index contributed by atoms with van der Waals surface area (Å²) in [5.41, 5.74) is -0.363. The van der Waals surface area contributed by atoms with Crippen molar-refractivity contribution < 1.29 is 9.90 Å². The van der Waals surface area contributed by atoms with Gasteiger partial charge < -0.3 is 15.7 Å². The number of hydrogen-bond acceptors (Lipinski definition) is 3. The molecule has 0 saturated heterocycles. The van der Waals surface area contributed by atoms with Gasteiger partial charge in [0.05, 0.1) is 6.61 Å². The Morgan fingerprint density at radius 1 is 1.27 bits per heavy atom. The molecule has 0 heterocycles. The summed E-state index contributed by atoms with van der Waals surface area (Å²) in [4.78, 5) is 11.5. The predicted octanol–water partition coefficient (Wildman–Crippen LogP) is 0.757. The fourth-order valence-electron chi connectivity index (χ4n) is 0.960. The average molecular weight is 218 g/mol. The molecule has 0 spiro atoms. The van der Waals surface area contributed by atoms with Crippen molar-refractivity contribution in [1.82, 2.24) is 10.6 Å². The molecule has 0 aromatic heterocycles. The lowest BCUT2D eigenvalue weighted by Gasteiger charge is -2.23. The third-order valence-corrected chi connectivity index (χ3v) is 2.01. The topological polar surface area (TPSA) is 61.4 Å². The van der Waals surface area contributed by atoms with Gasteiger partial charge in [-0.2, -0.15) is 0 Å². The zero-order valence-corrected chi connectivity index (χ0v) is 10.7. The smallest absolute Gasteiger partial charge is 0.225 e. The van der Waals surface area contributed by atoms with Gasteiger partial charge in [0.25, 0.3) is 0 Å². The summed E-state index contributed by atoms with van der Waals surface area (Å²) in [5.74, 6) is -0.00296. The minimum Gasteiger partial charge on any atom is -0.395 e. The molecule has 0 aliphatic rings. The van der Waals surface area contributed by atoms with Crippen LogP contribution in [-0.2, 0) is 4.79 Å². The monoisotopic (exact) mass is 218 g/mol. The van der Waals surface area contributed by atoms with Gasteiger partial charge in [0.15, 0.2) is 0 Å². The van der Waals surface area contributed by atoms with E-state index in [1.54, 1.807) is 0 Å². The van der Waals surface area contributed by atoms with E-state index in [9.17, 15) is 4.79 Å². The van der Waals surface area contributed by atoms with Crippen molar-refractivity contribution in [2.75, 3.05) is 26.7 Å². The molecular weight excluding hydrogens is 192 g/mol. The maximum atomic E-state index is 11.5. The number of rotatable bonds is 6. The zero-order chi connectivity index (χ0) is 12.3. The van der Waals surface area contributed by atoms with E-state index in [1.165, 1.54) is 0 Å². The van der Waals surface area contributed by atoms with Crippen LogP contribution in [0.25, 0.3) is 0 Å². The number of aliphatic hydroxyl groups is 1. The number of carbonyl (C=O) groups is 1. The summed E-state index contributed by atoms with van der Waals surface area (Å²) < 4.78 is 0. The molecule has 0 atom stereocenters. The quantitative estimate of drug-likeness (QED) is 0.617.